The van der Waals surface area contributed by atoms with Gasteiger partial charge in [0.15, 0.2) is 11.6 Å². The lowest BCUT2D eigenvalue weighted by Crippen LogP contribution is -2.46. The van der Waals surface area contributed by atoms with Crippen molar-refractivity contribution < 1.29 is 24.0 Å². The molecule has 0 bridgehead atoms. The van der Waals surface area contributed by atoms with Crippen molar-refractivity contribution in [2.75, 3.05) is 0 Å². The van der Waals surface area contributed by atoms with E-state index in [0.717, 1.165) is 0 Å². The fourth-order valence-electron chi connectivity index (χ4n) is 3.32. The lowest BCUT2D eigenvalue weighted by Gasteiger charge is -2.30. The van der Waals surface area contributed by atoms with Crippen LogP contribution in [-0.4, -0.2) is 35.2 Å². The monoisotopic (exact) mass is 430 g/mol. The summed E-state index contributed by atoms with van der Waals surface area (Å²) < 4.78 is 0. The molecule has 3 N–H and O–H groups in total. The fraction of sp³-hybridized carbons (Fsp3) is 0.542. The van der Waals surface area contributed by atoms with Crippen molar-refractivity contribution in [3.05, 3.63) is 35.9 Å². The topological polar surface area (TPSA) is 123 Å². The molecule has 0 radical (unpaired) electrons. The molecule has 0 fully saturated rings. The summed E-state index contributed by atoms with van der Waals surface area (Å²) >= 11 is 0. The Morgan fingerprint density at radius 1 is 0.935 bits per heavy atom. The van der Waals surface area contributed by atoms with Crippen molar-refractivity contribution in [1.29, 1.82) is 0 Å². The molecule has 0 spiro atoms. The van der Waals surface area contributed by atoms with Crippen LogP contribution < -0.4 is 11.1 Å². The van der Waals surface area contributed by atoms with Gasteiger partial charge in [-0.3, -0.25) is 24.0 Å². The molecule has 7 heteroatoms. The van der Waals surface area contributed by atoms with Crippen molar-refractivity contribution >= 4 is 29.2 Å². The van der Waals surface area contributed by atoms with E-state index < -0.39 is 40.9 Å². The molecule has 0 aliphatic carbocycles. The Morgan fingerprint density at radius 3 is 1.94 bits per heavy atom. The second-order valence-corrected chi connectivity index (χ2v) is 9.39. The third-order valence-electron chi connectivity index (χ3n) is 5.49. The van der Waals surface area contributed by atoms with E-state index >= 15 is 0 Å². The maximum absolute atomic E-state index is 13.0. The van der Waals surface area contributed by atoms with Crippen LogP contribution in [0.4, 0.5) is 0 Å². The van der Waals surface area contributed by atoms with Gasteiger partial charge in [0.1, 0.15) is 0 Å². The van der Waals surface area contributed by atoms with Crippen LogP contribution >= 0.6 is 0 Å². The summed E-state index contributed by atoms with van der Waals surface area (Å²) in [5.41, 5.74) is 5.10. The zero-order valence-electron chi connectivity index (χ0n) is 19.2. The van der Waals surface area contributed by atoms with Crippen molar-refractivity contribution in [3.63, 3.8) is 0 Å². The highest BCUT2D eigenvalue weighted by atomic mass is 16.2. The second kappa shape index (κ2) is 11.0. The maximum Gasteiger partial charge on any atom is 0.285 e. The summed E-state index contributed by atoms with van der Waals surface area (Å²) in [5.74, 6) is -4.52. The number of Topliss-reactive ketones (excluding diaryl/α,β-unsaturated/α-hetero) is 3. The molecule has 0 saturated carbocycles. The van der Waals surface area contributed by atoms with Gasteiger partial charge in [-0.05, 0) is 18.3 Å². The molecule has 0 saturated heterocycles. The van der Waals surface area contributed by atoms with Crippen LogP contribution in [0.1, 0.15) is 64.7 Å². The van der Waals surface area contributed by atoms with E-state index in [4.69, 9.17) is 5.73 Å². The first-order chi connectivity index (χ1) is 14.3. The summed E-state index contributed by atoms with van der Waals surface area (Å²) in [4.78, 5) is 61.5. The van der Waals surface area contributed by atoms with Crippen molar-refractivity contribution in [1.82, 2.24) is 5.32 Å². The number of hydrogen-bond acceptors (Lipinski definition) is 5. The lowest BCUT2D eigenvalue weighted by molar-refractivity contribution is -0.141. The van der Waals surface area contributed by atoms with E-state index in [0.29, 0.717) is 5.56 Å². The average Bonchev–Trinajstić information content (AvgIpc) is 2.68. The van der Waals surface area contributed by atoms with Crippen molar-refractivity contribution in [3.8, 4) is 0 Å². The first kappa shape index (κ1) is 26.2. The molecule has 1 rings (SSSR count). The average molecular weight is 431 g/mol. The highest BCUT2D eigenvalue weighted by Gasteiger charge is 2.36. The number of nitrogens with two attached hydrogens (primary N) is 1. The molecular weight excluding hydrogens is 396 g/mol. The Bertz CT molecular complexity index is 824. The van der Waals surface area contributed by atoms with Gasteiger partial charge in [-0.25, -0.2) is 0 Å². The summed E-state index contributed by atoms with van der Waals surface area (Å²) in [6.07, 6.45) is -0.181. The van der Waals surface area contributed by atoms with Crippen LogP contribution in [0.5, 0.6) is 0 Å². The summed E-state index contributed by atoms with van der Waals surface area (Å²) in [5, 5.41) is 2.69. The van der Waals surface area contributed by atoms with Gasteiger partial charge in [-0.2, -0.15) is 0 Å². The predicted molar refractivity (Wildman–Crippen MR) is 118 cm³/mol. The number of carbonyl (C=O) groups is 5. The normalized spacial score (nSPS) is 14.4. The SMILES string of the molecule is CC(C)[C@H](CC(=O)[C@H](C)NC(=O)[C@@H](CC(=O)c1ccccc1)C(C)(C)C)C(=O)C(N)=O. The number of nitrogens with one attached hydrogen (secondary N) is 1. The minimum absolute atomic E-state index is 0.00897. The number of benzene rings is 1. The number of hydrogen-bond donors (Lipinski definition) is 2. The van der Waals surface area contributed by atoms with Gasteiger partial charge >= 0.3 is 0 Å². The van der Waals surface area contributed by atoms with Crippen molar-refractivity contribution in [2.45, 2.75) is 60.4 Å². The van der Waals surface area contributed by atoms with Crippen LogP contribution in [0.2, 0.25) is 0 Å². The summed E-state index contributed by atoms with van der Waals surface area (Å²) in [7, 11) is 0. The van der Waals surface area contributed by atoms with E-state index in [1.807, 2.05) is 26.8 Å². The maximum atomic E-state index is 13.0. The molecule has 3 atom stereocenters. The van der Waals surface area contributed by atoms with Crippen LogP contribution in [-0.2, 0) is 19.2 Å². The number of carbonyl (C=O) groups excluding carboxylic acids is 5. The first-order valence-corrected chi connectivity index (χ1v) is 10.5. The van der Waals surface area contributed by atoms with Gasteiger partial charge in [-0.1, -0.05) is 65.0 Å². The quantitative estimate of drug-likeness (QED) is 0.413. The van der Waals surface area contributed by atoms with Gasteiger partial charge < -0.3 is 11.1 Å². The zero-order chi connectivity index (χ0) is 23.9. The number of primary amides is 1. The van der Waals surface area contributed by atoms with Gasteiger partial charge in [0.05, 0.1) is 12.0 Å². The fourth-order valence-corrected chi connectivity index (χ4v) is 3.32. The Labute approximate surface area is 184 Å². The Balaban J connectivity index is 2.90. The van der Waals surface area contributed by atoms with E-state index in [1.165, 1.54) is 6.92 Å². The first-order valence-electron chi connectivity index (χ1n) is 10.5. The van der Waals surface area contributed by atoms with Gasteiger partial charge in [0.2, 0.25) is 11.7 Å². The molecule has 2 amide bonds. The third kappa shape index (κ3) is 7.74. The minimum atomic E-state index is -1.07. The van der Waals surface area contributed by atoms with Crippen LogP contribution in [0.25, 0.3) is 0 Å². The largest absolute Gasteiger partial charge is 0.363 e. The second-order valence-electron chi connectivity index (χ2n) is 9.39. The van der Waals surface area contributed by atoms with Gasteiger partial charge in [0.25, 0.3) is 5.91 Å². The molecule has 0 heterocycles. The van der Waals surface area contributed by atoms with Gasteiger partial charge in [0, 0.05) is 24.3 Å². The molecule has 1 aromatic rings. The van der Waals surface area contributed by atoms with E-state index in [2.05, 4.69) is 5.32 Å². The molecule has 0 aliphatic rings. The zero-order valence-corrected chi connectivity index (χ0v) is 19.2. The van der Waals surface area contributed by atoms with Crippen LogP contribution in [0.3, 0.4) is 0 Å². The summed E-state index contributed by atoms with van der Waals surface area (Å²) in [6, 6.07) is 7.87. The number of rotatable bonds is 11. The molecular formula is C24H34N2O5. The summed E-state index contributed by atoms with van der Waals surface area (Å²) in [6.45, 7) is 10.6. The Kier molecular flexibility index (Phi) is 9.28. The molecule has 0 aliphatic heterocycles. The van der Waals surface area contributed by atoms with E-state index in [-0.39, 0.29) is 30.3 Å². The van der Waals surface area contributed by atoms with Crippen molar-refractivity contribution in [2.24, 2.45) is 28.9 Å². The number of amides is 2. The predicted octanol–water partition coefficient (Wildman–Crippen LogP) is 2.71. The van der Waals surface area contributed by atoms with Gasteiger partial charge in [-0.15, -0.1) is 0 Å². The molecule has 0 unspecified atom stereocenters. The highest BCUT2D eigenvalue weighted by molar-refractivity contribution is 6.36. The van der Waals surface area contributed by atoms with Crippen LogP contribution in [0.15, 0.2) is 30.3 Å². The molecule has 31 heavy (non-hydrogen) atoms. The molecule has 0 aromatic heterocycles. The smallest absolute Gasteiger partial charge is 0.285 e. The number of ketones is 3. The lowest BCUT2D eigenvalue weighted by atomic mass is 9.76. The standard InChI is InChI=1S/C24H34N2O5/c1-14(2)17(21(29)22(25)30)12-19(27)15(3)26-23(31)18(24(4,5)6)13-20(28)16-10-8-7-9-11-16/h7-11,14-15,17-18H,12-13H2,1-6H3,(H2,25,30)(H,26,31)/t15-,17-,18+/m0/s1. The molecule has 7 nitrogen and oxygen atoms in total. The molecule has 170 valence electrons. The van der Waals surface area contributed by atoms with Crippen LogP contribution in [0, 0.1) is 23.2 Å². The Hall–Kier alpha value is -2.83. The van der Waals surface area contributed by atoms with E-state index in [1.54, 1.807) is 38.1 Å². The Morgan fingerprint density at radius 2 is 1.48 bits per heavy atom. The minimum Gasteiger partial charge on any atom is -0.363 e. The third-order valence-corrected chi connectivity index (χ3v) is 5.49. The molecule has 1 aromatic carbocycles. The highest BCUT2D eigenvalue weighted by Crippen LogP contribution is 2.30. The van der Waals surface area contributed by atoms with E-state index in [9.17, 15) is 24.0 Å².